The molecule has 0 aliphatic heterocycles. The first kappa shape index (κ1) is 28.2. The van der Waals surface area contributed by atoms with Crippen molar-refractivity contribution in [2.24, 2.45) is 0 Å². The topological polar surface area (TPSA) is 25.8 Å². The molecular weight excluding hydrogens is 617 g/mol. The Kier molecular flexibility index (Phi) is 5.91. The van der Waals surface area contributed by atoms with E-state index in [1.807, 2.05) is 30.5 Å². The lowest BCUT2D eigenvalue weighted by atomic mass is 9.69. The van der Waals surface area contributed by atoms with Crippen LogP contribution in [0.25, 0.3) is 77.6 Å². The highest BCUT2D eigenvalue weighted by molar-refractivity contribution is 6.13. The molecule has 9 aromatic rings. The molecule has 0 unspecified atom stereocenters. The van der Waals surface area contributed by atoms with Crippen LogP contribution in [-0.2, 0) is 5.41 Å². The van der Waals surface area contributed by atoms with Crippen molar-refractivity contribution in [2.75, 3.05) is 0 Å². The summed E-state index contributed by atoms with van der Waals surface area (Å²) in [5.41, 5.74) is 16.3. The van der Waals surface area contributed by atoms with Gasteiger partial charge in [0.1, 0.15) is 0 Å². The summed E-state index contributed by atoms with van der Waals surface area (Å²) < 4.78 is 0. The third kappa shape index (κ3) is 3.87. The second-order valence-corrected chi connectivity index (χ2v) is 13.6. The Hall–Kier alpha value is -6.64. The van der Waals surface area contributed by atoms with E-state index in [1.165, 1.54) is 71.6 Å². The molecule has 2 heterocycles. The van der Waals surface area contributed by atoms with Crippen molar-refractivity contribution >= 4 is 21.5 Å². The predicted octanol–water partition coefficient (Wildman–Crippen LogP) is 12.1. The van der Waals surface area contributed by atoms with Gasteiger partial charge in [0, 0.05) is 11.8 Å². The summed E-state index contributed by atoms with van der Waals surface area (Å²) in [6.07, 6.45) is 1.82. The van der Waals surface area contributed by atoms with Crippen LogP contribution in [0.3, 0.4) is 0 Å². The molecule has 0 radical (unpaired) electrons. The van der Waals surface area contributed by atoms with Gasteiger partial charge in [-0.25, -0.2) is 4.98 Å². The predicted molar refractivity (Wildman–Crippen MR) is 210 cm³/mol. The first-order valence-electron chi connectivity index (χ1n) is 17.6. The summed E-state index contributed by atoms with van der Waals surface area (Å²) in [5.74, 6) is 0. The van der Waals surface area contributed by atoms with Gasteiger partial charge in [-0.3, -0.25) is 4.98 Å². The first-order valence-corrected chi connectivity index (χ1v) is 17.6. The van der Waals surface area contributed by atoms with Crippen LogP contribution in [-0.4, -0.2) is 9.97 Å². The molecule has 0 saturated carbocycles. The maximum absolute atomic E-state index is 5.18. The van der Waals surface area contributed by atoms with Gasteiger partial charge in [-0.1, -0.05) is 133 Å². The highest BCUT2D eigenvalue weighted by Gasteiger charge is 2.52. The zero-order valence-corrected chi connectivity index (χ0v) is 27.7. The number of benzene rings is 7. The smallest absolute Gasteiger partial charge is 0.0893 e. The lowest BCUT2D eigenvalue weighted by Crippen LogP contribution is -2.26. The van der Waals surface area contributed by atoms with E-state index in [9.17, 15) is 0 Å². The van der Waals surface area contributed by atoms with Gasteiger partial charge in [0.2, 0.25) is 0 Å². The monoisotopic (exact) mass is 646 g/mol. The van der Waals surface area contributed by atoms with Crippen LogP contribution in [0.4, 0.5) is 0 Å². The molecule has 0 bridgehead atoms. The molecule has 2 heteroatoms. The van der Waals surface area contributed by atoms with E-state index in [0.29, 0.717) is 0 Å². The number of rotatable bonds is 3. The van der Waals surface area contributed by atoms with Crippen LogP contribution >= 0.6 is 0 Å². The Balaban J connectivity index is 1.26. The van der Waals surface area contributed by atoms with E-state index in [2.05, 4.69) is 157 Å². The van der Waals surface area contributed by atoms with E-state index >= 15 is 0 Å². The normalized spacial score (nSPS) is 13.3. The minimum atomic E-state index is -0.466. The lowest BCUT2D eigenvalue weighted by Gasteiger charge is -2.31. The van der Waals surface area contributed by atoms with Crippen molar-refractivity contribution in [3.63, 3.8) is 0 Å². The van der Waals surface area contributed by atoms with Crippen molar-refractivity contribution < 1.29 is 0 Å². The third-order valence-corrected chi connectivity index (χ3v) is 11.1. The van der Waals surface area contributed by atoms with Crippen LogP contribution in [0.5, 0.6) is 0 Å². The van der Waals surface area contributed by atoms with E-state index in [4.69, 9.17) is 4.98 Å². The standard InChI is InChI=1S/C49H30N2/c1-2-15-32-29-43-40(28-31(32)14-1)48-38-21-6-4-17-34(38)39(30-44(48)49(43)41-22-9-7-18-35(41)36-19-8-10-23-42(36)49)33-16-3-5-20-37(33)45-25-13-26-47(51-45)46-24-11-12-27-50-46/h1-30H. The van der Waals surface area contributed by atoms with Gasteiger partial charge >= 0.3 is 0 Å². The molecular formula is C49H30N2. The molecule has 51 heavy (non-hydrogen) atoms. The van der Waals surface area contributed by atoms with Crippen LogP contribution in [0.15, 0.2) is 182 Å². The average molecular weight is 647 g/mol. The summed E-state index contributed by atoms with van der Waals surface area (Å²) in [4.78, 5) is 9.78. The van der Waals surface area contributed by atoms with Gasteiger partial charge in [0.25, 0.3) is 0 Å². The molecule has 1 spiro atoms. The molecule has 2 nitrogen and oxygen atoms in total. The molecule has 7 aromatic carbocycles. The van der Waals surface area contributed by atoms with Crippen LogP contribution < -0.4 is 0 Å². The Morgan fingerprint density at radius 1 is 0.333 bits per heavy atom. The average Bonchev–Trinajstić information content (AvgIpc) is 3.67. The first-order chi connectivity index (χ1) is 25.3. The summed E-state index contributed by atoms with van der Waals surface area (Å²) in [7, 11) is 0. The second-order valence-electron chi connectivity index (χ2n) is 13.6. The molecule has 0 amide bonds. The summed E-state index contributed by atoms with van der Waals surface area (Å²) >= 11 is 0. The molecule has 0 fully saturated rings. The van der Waals surface area contributed by atoms with E-state index in [0.717, 1.165) is 28.2 Å². The van der Waals surface area contributed by atoms with Gasteiger partial charge < -0.3 is 0 Å². The number of fused-ring (bicyclic) bond motifs is 13. The summed E-state index contributed by atoms with van der Waals surface area (Å²) in [6.45, 7) is 0. The SMILES string of the molecule is c1ccc(-c2cccc(-c3ccccc3-c3cc4c(c5ccccc35)-c3cc5ccccc5cc3C43c4ccccc4-c4ccccc43)n2)nc1. The zero-order chi connectivity index (χ0) is 33.5. The van der Waals surface area contributed by atoms with Gasteiger partial charge in [0.05, 0.1) is 22.5 Å². The zero-order valence-electron chi connectivity index (χ0n) is 27.7. The van der Waals surface area contributed by atoms with Gasteiger partial charge in [-0.15, -0.1) is 0 Å². The van der Waals surface area contributed by atoms with Crippen LogP contribution in [0.1, 0.15) is 22.3 Å². The quantitative estimate of drug-likeness (QED) is 0.191. The molecule has 2 aromatic heterocycles. The molecule has 236 valence electrons. The maximum Gasteiger partial charge on any atom is 0.0893 e. The molecule has 0 saturated heterocycles. The Morgan fingerprint density at radius 2 is 0.922 bits per heavy atom. The highest BCUT2D eigenvalue weighted by atomic mass is 14.8. The van der Waals surface area contributed by atoms with Gasteiger partial charge in [-0.2, -0.15) is 0 Å². The number of hydrogen-bond donors (Lipinski definition) is 0. The molecule has 11 rings (SSSR count). The Bertz CT molecular complexity index is 2820. The van der Waals surface area contributed by atoms with Crippen molar-refractivity contribution in [2.45, 2.75) is 5.41 Å². The maximum atomic E-state index is 5.18. The number of nitrogens with zero attached hydrogens (tertiary/aromatic N) is 2. The minimum Gasteiger partial charge on any atom is -0.255 e. The Labute approximate surface area is 296 Å². The van der Waals surface area contributed by atoms with Gasteiger partial charge in [0.15, 0.2) is 0 Å². The molecule has 2 aliphatic carbocycles. The highest BCUT2D eigenvalue weighted by Crippen LogP contribution is 2.65. The van der Waals surface area contributed by atoms with Crippen molar-refractivity contribution in [3.8, 4) is 56.0 Å². The Morgan fingerprint density at radius 3 is 1.67 bits per heavy atom. The van der Waals surface area contributed by atoms with E-state index in [-0.39, 0.29) is 0 Å². The molecule has 2 aliphatic rings. The number of aromatic nitrogens is 2. The second kappa shape index (κ2) is 10.7. The largest absolute Gasteiger partial charge is 0.255 e. The van der Waals surface area contributed by atoms with Crippen molar-refractivity contribution in [1.82, 2.24) is 9.97 Å². The number of pyridine rings is 2. The molecule has 0 atom stereocenters. The molecule has 0 N–H and O–H groups in total. The minimum absolute atomic E-state index is 0.466. The van der Waals surface area contributed by atoms with E-state index < -0.39 is 5.41 Å². The van der Waals surface area contributed by atoms with Crippen LogP contribution in [0.2, 0.25) is 0 Å². The van der Waals surface area contributed by atoms with E-state index in [1.54, 1.807) is 0 Å². The van der Waals surface area contributed by atoms with Gasteiger partial charge in [-0.05, 0) is 120 Å². The fraction of sp³-hybridized carbons (Fsp3) is 0.0204. The number of hydrogen-bond acceptors (Lipinski definition) is 2. The fourth-order valence-corrected chi connectivity index (χ4v) is 9.08. The van der Waals surface area contributed by atoms with Crippen LogP contribution in [0, 0.1) is 0 Å². The summed E-state index contributed by atoms with van der Waals surface area (Å²) in [6, 6.07) is 64.3. The summed E-state index contributed by atoms with van der Waals surface area (Å²) in [5, 5.41) is 5.03. The van der Waals surface area contributed by atoms with Crippen molar-refractivity contribution in [1.29, 1.82) is 0 Å². The van der Waals surface area contributed by atoms with Crippen molar-refractivity contribution in [3.05, 3.63) is 204 Å². The third-order valence-electron chi connectivity index (χ3n) is 11.1. The lowest BCUT2D eigenvalue weighted by molar-refractivity contribution is 0.796. The fourth-order valence-electron chi connectivity index (χ4n) is 9.08.